The minimum Gasteiger partial charge on any atom is -0.373 e. The molecule has 2 heterocycles. The number of hydrogen-bond donors (Lipinski definition) is 1. The van der Waals surface area contributed by atoms with Crippen molar-refractivity contribution in [2.75, 3.05) is 13.2 Å². The second-order valence-electron chi connectivity index (χ2n) is 5.92. The van der Waals surface area contributed by atoms with Crippen LogP contribution in [0.4, 0.5) is 0 Å². The molecule has 7 heteroatoms. The molecule has 2 aromatic rings. The van der Waals surface area contributed by atoms with Gasteiger partial charge in [0.15, 0.2) is 0 Å². The Kier molecular flexibility index (Phi) is 4.97. The number of carbonyl (C=O) groups is 1. The molecule has 7 nitrogen and oxygen atoms in total. The molecule has 0 unspecified atom stereocenters. The molecule has 1 aromatic carbocycles. The second kappa shape index (κ2) is 7.32. The average Bonchev–Trinajstić information content (AvgIpc) is 3.07. The zero-order valence-electron chi connectivity index (χ0n) is 13.2. The van der Waals surface area contributed by atoms with E-state index in [1.165, 1.54) is 22.1 Å². The highest BCUT2D eigenvalue weighted by Crippen LogP contribution is 2.33. The molecule has 1 saturated heterocycles. The molecule has 3 rings (SSSR count). The summed E-state index contributed by atoms with van der Waals surface area (Å²) in [7, 11) is 0. The zero-order chi connectivity index (χ0) is 16.1. The number of ether oxygens (including phenoxy) is 1. The Morgan fingerprint density at radius 1 is 1.39 bits per heavy atom. The fourth-order valence-corrected chi connectivity index (χ4v) is 2.88. The second-order valence-corrected chi connectivity index (χ2v) is 5.92. The first-order chi connectivity index (χ1) is 11.2. The molecule has 1 amide bonds. The monoisotopic (exact) mass is 315 g/mol. The van der Waals surface area contributed by atoms with Gasteiger partial charge in [-0.1, -0.05) is 29.8 Å². The van der Waals surface area contributed by atoms with Crippen molar-refractivity contribution in [3.05, 3.63) is 41.7 Å². The van der Waals surface area contributed by atoms with Crippen LogP contribution in [0, 0.1) is 12.8 Å². The van der Waals surface area contributed by atoms with E-state index in [2.05, 4.69) is 52.0 Å². The Morgan fingerprint density at radius 2 is 2.22 bits per heavy atom. The first-order valence-electron chi connectivity index (χ1n) is 7.88. The van der Waals surface area contributed by atoms with Crippen molar-refractivity contribution in [1.82, 2.24) is 25.5 Å². The number of carbonyl (C=O) groups excluding carboxylic acids is 1. The fraction of sp³-hybridized carbons (Fsp3) is 0.500. The van der Waals surface area contributed by atoms with Gasteiger partial charge in [0.05, 0.1) is 6.10 Å². The summed E-state index contributed by atoms with van der Waals surface area (Å²) in [5.74, 6) is 0.190. The molecular weight excluding hydrogens is 294 g/mol. The van der Waals surface area contributed by atoms with Crippen molar-refractivity contribution in [3.8, 4) is 0 Å². The van der Waals surface area contributed by atoms with E-state index in [-0.39, 0.29) is 24.5 Å². The van der Waals surface area contributed by atoms with Gasteiger partial charge in [-0.3, -0.25) is 4.79 Å². The van der Waals surface area contributed by atoms with Crippen LogP contribution in [-0.4, -0.2) is 39.3 Å². The standard InChI is InChI=1S/C16H21N5O2/c1-12-4-6-13(7-5-12)16-14(3-2-8-23-16)9-17-15(22)10-21-11-18-19-20-21/h4-7,11,14,16H,2-3,8-10H2,1H3,(H,17,22)/t14-,16+/m1/s1. The van der Waals surface area contributed by atoms with E-state index in [1.807, 2.05) is 0 Å². The molecule has 1 aliphatic rings. The van der Waals surface area contributed by atoms with E-state index in [9.17, 15) is 4.79 Å². The third kappa shape index (κ3) is 4.13. The van der Waals surface area contributed by atoms with Crippen LogP contribution < -0.4 is 5.32 Å². The summed E-state index contributed by atoms with van der Waals surface area (Å²) in [6.07, 6.45) is 3.54. The highest BCUT2D eigenvalue weighted by Gasteiger charge is 2.27. The molecule has 0 bridgehead atoms. The Labute approximate surface area is 135 Å². The van der Waals surface area contributed by atoms with Crippen LogP contribution in [0.3, 0.4) is 0 Å². The summed E-state index contributed by atoms with van der Waals surface area (Å²) < 4.78 is 7.37. The van der Waals surface area contributed by atoms with Crippen LogP contribution in [0.1, 0.15) is 30.1 Å². The summed E-state index contributed by atoms with van der Waals surface area (Å²) in [6, 6.07) is 8.42. The molecular formula is C16H21N5O2. The quantitative estimate of drug-likeness (QED) is 0.898. The first kappa shape index (κ1) is 15.6. The van der Waals surface area contributed by atoms with Gasteiger partial charge in [-0.15, -0.1) is 5.10 Å². The van der Waals surface area contributed by atoms with Crippen molar-refractivity contribution < 1.29 is 9.53 Å². The van der Waals surface area contributed by atoms with Gasteiger partial charge in [0.25, 0.3) is 0 Å². The lowest BCUT2D eigenvalue weighted by atomic mass is 9.89. The van der Waals surface area contributed by atoms with Gasteiger partial charge >= 0.3 is 0 Å². The highest BCUT2D eigenvalue weighted by molar-refractivity contribution is 5.75. The van der Waals surface area contributed by atoms with Crippen molar-refractivity contribution in [1.29, 1.82) is 0 Å². The Hall–Kier alpha value is -2.28. The Morgan fingerprint density at radius 3 is 2.96 bits per heavy atom. The van der Waals surface area contributed by atoms with Crippen LogP contribution in [0.25, 0.3) is 0 Å². The number of nitrogens with one attached hydrogen (secondary N) is 1. The Balaban J connectivity index is 1.58. The summed E-state index contributed by atoms with van der Waals surface area (Å²) in [5.41, 5.74) is 2.41. The van der Waals surface area contributed by atoms with Crippen LogP contribution in [0.15, 0.2) is 30.6 Å². The lowest BCUT2D eigenvalue weighted by molar-refractivity contribution is -0.122. The largest absolute Gasteiger partial charge is 0.373 e. The van der Waals surface area contributed by atoms with Crippen molar-refractivity contribution >= 4 is 5.91 Å². The maximum absolute atomic E-state index is 12.0. The molecule has 1 aromatic heterocycles. The smallest absolute Gasteiger partial charge is 0.241 e. The minimum absolute atomic E-state index is 0.0395. The maximum Gasteiger partial charge on any atom is 0.241 e. The predicted molar refractivity (Wildman–Crippen MR) is 83.4 cm³/mol. The van der Waals surface area contributed by atoms with Gasteiger partial charge in [0.1, 0.15) is 12.9 Å². The molecule has 0 radical (unpaired) electrons. The van der Waals surface area contributed by atoms with Gasteiger partial charge in [0, 0.05) is 19.1 Å². The Bertz CT molecular complexity index is 626. The van der Waals surface area contributed by atoms with Crippen LogP contribution >= 0.6 is 0 Å². The number of amides is 1. The summed E-state index contributed by atoms with van der Waals surface area (Å²) in [4.78, 5) is 12.0. The zero-order valence-corrected chi connectivity index (χ0v) is 13.2. The molecule has 1 fully saturated rings. The number of aromatic nitrogens is 4. The molecule has 122 valence electrons. The summed E-state index contributed by atoms with van der Waals surface area (Å²) in [5, 5.41) is 13.7. The molecule has 2 atom stereocenters. The molecule has 0 saturated carbocycles. The van der Waals surface area contributed by atoms with E-state index in [0.29, 0.717) is 6.54 Å². The number of rotatable bonds is 5. The molecule has 1 aliphatic heterocycles. The normalized spacial score (nSPS) is 21.1. The van der Waals surface area contributed by atoms with Gasteiger partial charge in [-0.25, -0.2) is 4.68 Å². The van der Waals surface area contributed by atoms with Crippen LogP contribution in [-0.2, 0) is 16.1 Å². The van der Waals surface area contributed by atoms with Gasteiger partial charge in [-0.05, 0) is 35.8 Å². The van der Waals surface area contributed by atoms with Gasteiger partial charge in [-0.2, -0.15) is 0 Å². The summed E-state index contributed by atoms with van der Waals surface area (Å²) >= 11 is 0. The maximum atomic E-state index is 12.0. The summed E-state index contributed by atoms with van der Waals surface area (Å²) in [6.45, 7) is 3.57. The number of aryl methyl sites for hydroxylation is 1. The number of nitrogens with zero attached hydrogens (tertiary/aromatic N) is 4. The van der Waals surface area contributed by atoms with Crippen molar-refractivity contribution in [2.24, 2.45) is 5.92 Å². The van der Waals surface area contributed by atoms with E-state index < -0.39 is 0 Å². The van der Waals surface area contributed by atoms with Crippen LogP contribution in [0.5, 0.6) is 0 Å². The first-order valence-corrected chi connectivity index (χ1v) is 7.88. The van der Waals surface area contributed by atoms with Crippen molar-refractivity contribution in [3.63, 3.8) is 0 Å². The van der Waals surface area contributed by atoms with E-state index in [0.717, 1.165) is 19.4 Å². The predicted octanol–water partition coefficient (Wildman–Crippen LogP) is 1.27. The van der Waals surface area contributed by atoms with Gasteiger partial charge in [0.2, 0.25) is 5.91 Å². The molecule has 0 aliphatic carbocycles. The molecule has 0 spiro atoms. The van der Waals surface area contributed by atoms with Crippen molar-refractivity contribution in [2.45, 2.75) is 32.4 Å². The third-order valence-corrected chi connectivity index (χ3v) is 4.11. The van der Waals surface area contributed by atoms with E-state index >= 15 is 0 Å². The molecule has 1 N–H and O–H groups in total. The van der Waals surface area contributed by atoms with Gasteiger partial charge < -0.3 is 10.1 Å². The number of tetrazole rings is 1. The van der Waals surface area contributed by atoms with E-state index in [1.54, 1.807) is 0 Å². The third-order valence-electron chi connectivity index (χ3n) is 4.11. The minimum atomic E-state index is -0.0921. The highest BCUT2D eigenvalue weighted by atomic mass is 16.5. The fourth-order valence-electron chi connectivity index (χ4n) is 2.88. The number of benzene rings is 1. The number of hydrogen-bond acceptors (Lipinski definition) is 5. The SMILES string of the molecule is Cc1ccc([C@@H]2OCCC[C@@H]2CNC(=O)Cn2cnnn2)cc1. The van der Waals surface area contributed by atoms with E-state index in [4.69, 9.17) is 4.74 Å². The lowest BCUT2D eigenvalue weighted by Crippen LogP contribution is -2.36. The van der Waals surface area contributed by atoms with Crippen LogP contribution in [0.2, 0.25) is 0 Å². The topological polar surface area (TPSA) is 81.9 Å². The average molecular weight is 315 g/mol. The molecule has 23 heavy (non-hydrogen) atoms. The lowest BCUT2D eigenvalue weighted by Gasteiger charge is -2.32.